The molecule has 0 radical (unpaired) electrons. The second kappa shape index (κ2) is 6.58. The number of sulfonamides is 1. The summed E-state index contributed by atoms with van der Waals surface area (Å²) in [5.74, 6) is -0.255. The number of amides is 1. The minimum absolute atomic E-state index is 0.0459. The highest BCUT2D eigenvalue weighted by Crippen LogP contribution is 2.19. The Labute approximate surface area is 126 Å². The average molecular weight is 310 g/mol. The zero-order chi connectivity index (χ0) is 15.5. The molecule has 1 aromatic carbocycles. The average Bonchev–Trinajstić information content (AvgIpc) is 2.34. The van der Waals surface area contributed by atoms with E-state index < -0.39 is 10.0 Å². The number of carbonyl (C=O) groups excluding carboxylic acids is 1. The molecule has 1 unspecified atom stereocenters. The number of aryl methyl sites for hydroxylation is 1. The van der Waals surface area contributed by atoms with Crippen LogP contribution in [0.1, 0.15) is 18.9 Å². The zero-order valence-corrected chi connectivity index (χ0v) is 13.3. The standard InChI is InChI=1S/C15H22N2O3S/c1-12(8-9-13-6-4-3-5-7-13)16-15(18)14-10-17(11-14)21(2,19)20/h3-7,12,14H,8-11H2,1-2H3,(H,16,18). The molecule has 1 heterocycles. The second-order valence-corrected chi connectivity index (χ2v) is 7.69. The first-order chi connectivity index (χ1) is 9.86. The first-order valence-electron chi connectivity index (χ1n) is 7.15. The Morgan fingerprint density at radius 2 is 1.95 bits per heavy atom. The lowest BCUT2D eigenvalue weighted by Gasteiger charge is -2.36. The van der Waals surface area contributed by atoms with E-state index >= 15 is 0 Å². The summed E-state index contributed by atoms with van der Waals surface area (Å²) in [7, 11) is -3.15. The van der Waals surface area contributed by atoms with Crippen molar-refractivity contribution in [3.8, 4) is 0 Å². The topological polar surface area (TPSA) is 66.5 Å². The van der Waals surface area contributed by atoms with Crippen molar-refractivity contribution in [1.82, 2.24) is 9.62 Å². The fourth-order valence-corrected chi connectivity index (χ4v) is 3.24. The summed E-state index contributed by atoms with van der Waals surface area (Å²) in [6.07, 6.45) is 2.96. The van der Waals surface area contributed by atoms with Gasteiger partial charge in [0.2, 0.25) is 15.9 Å². The summed E-state index contributed by atoms with van der Waals surface area (Å²) in [6.45, 7) is 2.58. The van der Waals surface area contributed by atoms with Crippen LogP contribution in [0.2, 0.25) is 0 Å². The van der Waals surface area contributed by atoms with E-state index in [9.17, 15) is 13.2 Å². The second-order valence-electron chi connectivity index (χ2n) is 5.71. The summed E-state index contributed by atoms with van der Waals surface area (Å²) >= 11 is 0. The van der Waals surface area contributed by atoms with Gasteiger partial charge in [-0.15, -0.1) is 0 Å². The van der Waals surface area contributed by atoms with E-state index in [1.54, 1.807) is 0 Å². The highest BCUT2D eigenvalue weighted by atomic mass is 32.2. The maximum absolute atomic E-state index is 12.0. The fraction of sp³-hybridized carbons (Fsp3) is 0.533. The molecule has 1 aromatic rings. The number of hydrogen-bond donors (Lipinski definition) is 1. The van der Waals surface area contributed by atoms with Crippen LogP contribution in [0.5, 0.6) is 0 Å². The van der Waals surface area contributed by atoms with Crippen LogP contribution in [-0.4, -0.2) is 44.0 Å². The summed E-state index contributed by atoms with van der Waals surface area (Å²) in [6, 6.07) is 10.2. The van der Waals surface area contributed by atoms with Gasteiger partial charge in [0.25, 0.3) is 0 Å². The Morgan fingerprint density at radius 1 is 1.33 bits per heavy atom. The van der Waals surface area contributed by atoms with Gasteiger partial charge in [0.15, 0.2) is 0 Å². The summed E-state index contributed by atoms with van der Waals surface area (Å²) in [5, 5.41) is 2.96. The van der Waals surface area contributed by atoms with Crippen LogP contribution >= 0.6 is 0 Å². The van der Waals surface area contributed by atoms with E-state index in [0.29, 0.717) is 13.1 Å². The van der Waals surface area contributed by atoms with E-state index in [1.807, 2.05) is 25.1 Å². The van der Waals surface area contributed by atoms with Crippen LogP contribution in [0.4, 0.5) is 0 Å². The molecule has 6 heteroatoms. The monoisotopic (exact) mass is 310 g/mol. The number of rotatable bonds is 6. The number of nitrogens with zero attached hydrogens (tertiary/aromatic N) is 1. The SMILES string of the molecule is CC(CCc1ccccc1)NC(=O)C1CN(S(C)(=O)=O)C1. The van der Waals surface area contributed by atoms with Gasteiger partial charge in [0.1, 0.15) is 0 Å². The predicted molar refractivity (Wildman–Crippen MR) is 82.3 cm³/mol. The van der Waals surface area contributed by atoms with Crippen molar-refractivity contribution in [3.05, 3.63) is 35.9 Å². The van der Waals surface area contributed by atoms with Crippen molar-refractivity contribution < 1.29 is 13.2 Å². The smallest absolute Gasteiger partial charge is 0.225 e. The molecular formula is C15H22N2O3S. The molecule has 0 bridgehead atoms. The van der Waals surface area contributed by atoms with Crippen LogP contribution in [-0.2, 0) is 21.2 Å². The largest absolute Gasteiger partial charge is 0.353 e. The maximum atomic E-state index is 12.0. The number of hydrogen-bond acceptors (Lipinski definition) is 3. The van der Waals surface area contributed by atoms with Crippen LogP contribution in [0, 0.1) is 5.92 Å². The summed E-state index contributed by atoms with van der Waals surface area (Å²) < 4.78 is 23.8. The van der Waals surface area contributed by atoms with E-state index in [0.717, 1.165) is 12.8 Å². The molecule has 1 fully saturated rings. The molecular weight excluding hydrogens is 288 g/mol. The maximum Gasteiger partial charge on any atom is 0.225 e. The third-order valence-electron chi connectivity index (χ3n) is 3.79. The molecule has 21 heavy (non-hydrogen) atoms. The molecule has 0 saturated carbocycles. The summed E-state index contributed by atoms with van der Waals surface area (Å²) in [5.41, 5.74) is 1.26. The van der Waals surface area contributed by atoms with Crippen LogP contribution < -0.4 is 5.32 Å². The Morgan fingerprint density at radius 3 is 2.52 bits per heavy atom. The molecule has 1 aliphatic rings. The molecule has 1 saturated heterocycles. The predicted octanol–water partition coefficient (Wildman–Crippen LogP) is 1.02. The highest BCUT2D eigenvalue weighted by Gasteiger charge is 2.37. The van der Waals surface area contributed by atoms with Crippen LogP contribution in [0.25, 0.3) is 0 Å². The molecule has 0 aromatic heterocycles. The van der Waals surface area contributed by atoms with Crippen molar-refractivity contribution in [2.24, 2.45) is 5.92 Å². The fourth-order valence-electron chi connectivity index (χ4n) is 2.34. The molecule has 1 atom stereocenters. The molecule has 5 nitrogen and oxygen atoms in total. The summed E-state index contributed by atoms with van der Waals surface area (Å²) in [4.78, 5) is 12.0. The number of benzene rings is 1. The van der Waals surface area contributed by atoms with Gasteiger partial charge in [-0.05, 0) is 25.3 Å². The van der Waals surface area contributed by atoms with Crippen LogP contribution in [0.15, 0.2) is 30.3 Å². The first kappa shape index (κ1) is 16.0. The van der Waals surface area contributed by atoms with Crippen molar-refractivity contribution in [1.29, 1.82) is 0 Å². The van der Waals surface area contributed by atoms with Crippen molar-refractivity contribution in [2.75, 3.05) is 19.3 Å². The number of carbonyl (C=O) groups is 1. The van der Waals surface area contributed by atoms with Gasteiger partial charge in [0, 0.05) is 19.1 Å². The Kier molecular flexibility index (Phi) is 5.00. The molecule has 1 amide bonds. The van der Waals surface area contributed by atoms with Gasteiger partial charge in [-0.1, -0.05) is 30.3 Å². The lowest BCUT2D eigenvalue weighted by atomic mass is 10.0. The molecule has 1 aliphatic heterocycles. The van der Waals surface area contributed by atoms with E-state index in [4.69, 9.17) is 0 Å². The third-order valence-corrected chi connectivity index (χ3v) is 5.02. The minimum Gasteiger partial charge on any atom is -0.353 e. The third kappa shape index (κ3) is 4.54. The van der Waals surface area contributed by atoms with E-state index in [1.165, 1.54) is 16.1 Å². The molecule has 0 aliphatic carbocycles. The molecule has 116 valence electrons. The molecule has 0 spiro atoms. The lowest BCUT2D eigenvalue weighted by molar-refractivity contribution is -0.128. The Bertz CT molecular complexity index is 580. The van der Waals surface area contributed by atoms with Crippen molar-refractivity contribution >= 4 is 15.9 Å². The minimum atomic E-state index is -3.15. The normalized spacial score (nSPS) is 18.0. The van der Waals surface area contributed by atoms with Gasteiger partial charge in [-0.2, -0.15) is 0 Å². The van der Waals surface area contributed by atoms with Crippen molar-refractivity contribution in [3.63, 3.8) is 0 Å². The Balaban J connectivity index is 1.71. The lowest BCUT2D eigenvalue weighted by Crippen LogP contribution is -2.56. The zero-order valence-electron chi connectivity index (χ0n) is 12.5. The molecule has 2 rings (SSSR count). The highest BCUT2D eigenvalue weighted by molar-refractivity contribution is 7.88. The Hall–Kier alpha value is -1.40. The van der Waals surface area contributed by atoms with Crippen LogP contribution in [0.3, 0.4) is 0 Å². The number of nitrogens with one attached hydrogen (secondary N) is 1. The van der Waals surface area contributed by atoms with Gasteiger partial charge in [-0.25, -0.2) is 12.7 Å². The quantitative estimate of drug-likeness (QED) is 0.853. The van der Waals surface area contributed by atoms with Gasteiger partial charge in [0.05, 0.1) is 12.2 Å². The van der Waals surface area contributed by atoms with Gasteiger partial charge >= 0.3 is 0 Å². The van der Waals surface area contributed by atoms with E-state index in [2.05, 4.69) is 17.4 Å². The first-order valence-corrected chi connectivity index (χ1v) is 9.00. The van der Waals surface area contributed by atoms with E-state index in [-0.39, 0.29) is 17.9 Å². The van der Waals surface area contributed by atoms with Gasteiger partial charge in [-0.3, -0.25) is 4.79 Å². The van der Waals surface area contributed by atoms with Crippen molar-refractivity contribution in [2.45, 2.75) is 25.8 Å². The molecule has 1 N–H and O–H groups in total. The van der Waals surface area contributed by atoms with Gasteiger partial charge < -0.3 is 5.32 Å².